The van der Waals surface area contributed by atoms with E-state index in [1.165, 1.54) is 32.1 Å². The topological polar surface area (TPSA) is 75.9 Å². The van der Waals surface area contributed by atoms with E-state index in [2.05, 4.69) is 26.8 Å². The average Bonchev–Trinajstić information content (AvgIpc) is 2.94. The van der Waals surface area contributed by atoms with Gasteiger partial charge in [0.05, 0.1) is 5.39 Å². The number of thiophene rings is 1. The van der Waals surface area contributed by atoms with E-state index in [0.717, 1.165) is 28.5 Å². The molecule has 0 radical (unpaired) electrons. The zero-order chi connectivity index (χ0) is 13.1. The van der Waals surface area contributed by atoms with E-state index in [9.17, 15) is 0 Å². The number of nitrogens with one attached hydrogen (secondary N) is 2. The molecule has 0 aromatic carbocycles. The molecule has 0 atom stereocenters. The fraction of sp³-hybridized carbons (Fsp3) is 0.538. The molecule has 3 rings (SSSR count). The van der Waals surface area contributed by atoms with Crippen LogP contribution in [-0.4, -0.2) is 16.5 Å². The number of nitrogens with zero attached hydrogens (tertiary/aromatic N) is 2. The van der Waals surface area contributed by atoms with Gasteiger partial charge in [-0.1, -0.05) is 19.3 Å². The summed E-state index contributed by atoms with van der Waals surface area (Å²) in [4.78, 5) is 9.73. The van der Waals surface area contributed by atoms with E-state index in [0.29, 0.717) is 5.95 Å². The molecule has 0 amide bonds. The maximum atomic E-state index is 5.42. The molecule has 2 aromatic heterocycles. The van der Waals surface area contributed by atoms with Crippen LogP contribution in [0.4, 0.5) is 11.8 Å². The lowest BCUT2D eigenvalue weighted by atomic mass is 9.89. The molecule has 5 nitrogen and oxygen atoms in total. The third kappa shape index (κ3) is 2.79. The number of aromatic nitrogens is 2. The predicted octanol–water partition coefficient (Wildman–Crippen LogP) is 2.97. The zero-order valence-corrected chi connectivity index (χ0v) is 11.7. The highest BCUT2D eigenvalue weighted by Gasteiger charge is 2.14. The number of nitrogen functional groups attached to an aromatic ring is 1. The SMILES string of the molecule is NNc1nc(NCC2CCCCC2)c2ccsc2n1. The van der Waals surface area contributed by atoms with Crippen molar-refractivity contribution in [2.45, 2.75) is 32.1 Å². The van der Waals surface area contributed by atoms with Crippen molar-refractivity contribution in [2.75, 3.05) is 17.3 Å². The van der Waals surface area contributed by atoms with Gasteiger partial charge in [-0.25, -0.2) is 10.8 Å². The monoisotopic (exact) mass is 277 g/mol. The molecule has 0 aliphatic heterocycles. The Morgan fingerprint density at radius 1 is 1.26 bits per heavy atom. The summed E-state index contributed by atoms with van der Waals surface area (Å²) in [6.45, 7) is 0.992. The predicted molar refractivity (Wildman–Crippen MR) is 80.3 cm³/mol. The third-order valence-corrected chi connectivity index (χ3v) is 4.54. The lowest BCUT2D eigenvalue weighted by molar-refractivity contribution is 0.373. The summed E-state index contributed by atoms with van der Waals surface area (Å²) in [7, 11) is 0. The first-order valence-electron chi connectivity index (χ1n) is 6.82. The molecular weight excluding hydrogens is 258 g/mol. The van der Waals surface area contributed by atoms with Crippen molar-refractivity contribution in [1.82, 2.24) is 9.97 Å². The molecule has 1 fully saturated rings. The minimum atomic E-state index is 0.473. The van der Waals surface area contributed by atoms with Crippen molar-refractivity contribution in [3.05, 3.63) is 11.4 Å². The van der Waals surface area contributed by atoms with Gasteiger partial charge < -0.3 is 5.32 Å². The zero-order valence-electron chi connectivity index (χ0n) is 10.9. The minimum Gasteiger partial charge on any atom is -0.369 e. The van der Waals surface area contributed by atoms with Crippen LogP contribution in [0.2, 0.25) is 0 Å². The summed E-state index contributed by atoms with van der Waals surface area (Å²) in [5, 5.41) is 6.59. The van der Waals surface area contributed by atoms with E-state index in [4.69, 9.17) is 5.84 Å². The molecule has 0 unspecified atom stereocenters. The van der Waals surface area contributed by atoms with E-state index in [1.807, 2.05) is 5.38 Å². The lowest BCUT2D eigenvalue weighted by Crippen LogP contribution is -2.18. The number of hydrazine groups is 1. The van der Waals surface area contributed by atoms with Gasteiger partial charge in [-0.3, -0.25) is 5.43 Å². The Morgan fingerprint density at radius 3 is 2.89 bits per heavy atom. The van der Waals surface area contributed by atoms with Gasteiger partial charge in [-0.05, 0) is 30.2 Å². The molecular formula is C13H19N5S. The van der Waals surface area contributed by atoms with Crippen molar-refractivity contribution in [3.63, 3.8) is 0 Å². The number of fused-ring (bicyclic) bond motifs is 1. The molecule has 1 saturated carbocycles. The molecule has 0 spiro atoms. The van der Waals surface area contributed by atoms with Gasteiger partial charge in [0.1, 0.15) is 10.6 Å². The summed E-state index contributed by atoms with van der Waals surface area (Å²) < 4.78 is 0. The van der Waals surface area contributed by atoms with Gasteiger partial charge in [0, 0.05) is 6.54 Å². The highest BCUT2D eigenvalue weighted by atomic mass is 32.1. The first-order chi connectivity index (χ1) is 9.36. The first kappa shape index (κ1) is 12.6. The normalized spacial score (nSPS) is 16.7. The Labute approximate surface area is 116 Å². The maximum Gasteiger partial charge on any atom is 0.240 e. The number of hydrogen-bond donors (Lipinski definition) is 3. The standard InChI is InChI=1S/C13H19N5S/c14-18-13-16-11(10-6-7-19-12(10)17-13)15-8-9-4-2-1-3-5-9/h6-7,9H,1-5,8,14H2,(H2,15,16,17,18). The van der Waals surface area contributed by atoms with Gasteiger partial charge in [0.2, 0.25) is 5.95 Å². The van der Waals surface area contributed by atoms with Crippen molar-refractivity contribution in [1.29, 1.82) is 0 Å². The molecule has 0 bridgehead atoms. The highest BCUT2D eigenvalue weighted by Crippen LogP contribution is 2.28. The highest BCUT2D eigenvalue weighted by molar-refractivity contribution is 7.16. The van der Waals surface area contributed by atoms with E-state index < -0.39 is 0 Å². The van der Waals surface area contributed by atoms with Gasteiger partial charge in [0.15, 0.2) is 0 Å². The largest absolute Gasteiger partial charge is 0.369 e. The smallest absolute Gasteiger partial charge is 0.240 e. The van der Waals surface area contributed by atoms with Crippen LogP contribution < -0.4 is 16.6 Å². The van der Waals surface area contributed by atoms with E-state index in [-0.39, 0.29) is 0 Å². The summed E-state index contributed by atoms with van der Waals surface area (Å²) in [5.41, 5.74) is 2.53. The number of nitrogens with two attached hydrogens (primary N) is 1. The Bertz CT molecular complexity index is 547. The minimum absolute atomic E-state index is 0.473. The Morgan fingerprint density at radius 2 is 2.11 bits per heavy atom. The quantitative estimate of drug-likeness (QED) is 0.591. The Kier molecular flexibility index (Phi) is 3.79. The molecule has 102 valence electrons. The molecule has 2 heterocycles. The molecule has 1 aliphatic rings. The number of rotatable bonds is 4. The van der Waals surface area contributed by atoms with Crippen LogP contribution in [0.1, 0.15) is 32.1 Å². The molecule has 4 N–H and O–H groups in total. The molecule has 2 aromatic rings. The van der Waals surface area contributed by atoms with Crippen LogP contribution in [0.3, 0.4) is 0 Å². The summed E-state index contributed by atoms with van der Waals surface area (Å²) in [5.74, 6) is 7.56. The fourth-order valence-electron chi connectivity index (χ4n) is 2.69. The second-order valence-corrected chi connectivity index (χ2v) is 5.96. The van der Waals surface area contributed by atoms with Crippen molar-refractivity contribution in [2.24, 2.45) is 11.8 Å². The Balaban J connectivity index is 1.77. The van der Waals surface area contributed by atoms with Crippen LogP contribution in [0.5, 0.6) is 0 Å². The van der Waals surface area contributed by atoms with Crippen LogP contribution >= 0.6 is 11.3 Å². The van der Waals surface area contributed by atoms with Gasteiger partial charge in [0.25, 0.3) is 0 Å². The van der Waals surface area contributed by atoms with Crippen LogP contribution in [0, 0.1) is 5.92 Å². The van der Waals surface area contributed by atoms with Crippen molar-refractivity contribution < 1.29 is 0 Å². The Hall–Kier alpha value is -1.40. The maximum absolute atomic E-state index is 5.42. The summed E-state index contributed by atoms with van der Waals surface area (Å²) >= 11 is 1.61. The second-order valence-electron chi connectivity index (χ2n) is 5.06. The third-order valence-electron chi connectivity index (χ3n) is 3.74. The molecule has 1 aliphatic carbocycles. The van der Waals surface area contributed by atoms with Crippen LogP contribution in [0.25, 0.3) is 10.2 Å². The van der Waals surface area contributed by atoms with Crippen molar-refractivity contribution in [3.8, 4) is 0 Å². The molecule has 0 saturated heterocycles. The van der Waals surface area contributed by atoms with Gasteiger partial charge >= 0.3 is 0 Å². The van der Waals surface area contributed by atoms with Crippen LogP contribution in [-0.2, 0) is 0 Å². The lowest BCUT2D eigenvalue weighted by Gasteiger charge is -2.22. The van der Waals surface area contributed by atoms with E-state index >= 15 is 0 Å². The van der Waals surface area contributed by atoms with Crippen LogP contribution in [0.15, 0.2) is 11.4 Å². The van der Waals surface area contributed by atoms with E-state index in [1.54, 1.807) is 11.3 Å². The second kappa shape index (κ2) is 5.71. The summed E-state index contributed by atoms with van der Waals surface area (Å²) in [6, 6.07) is 2.06. The molecule has 6 heteroatoms. The first-order valence-corrected chi connectivity index (χ1v) is 7.70. The molecule has 19 heavy (non-hydrogen) atoms. The number of anilines is 2. The fourth-order valence-corrected chi connectivity index (χ4v) is 3.45. The number of hydrogen-bond acceptors (Lipinski definition) is 6. The van der Waals surface area contributed by atoms with Gasteiger partial charge in [-0.15, -0.1) is 11.3 Å². The average molecular weight is 277 g/mol. The summed E-state index contributed by atoms with van der Waals surface area (Å²) in [6.07, 6.45) is 6.76. The van der Waals surface area contributed by atoms with Crippen molar-refractivity contribution >= 4 is 33.3 Å². The van der Waals surface area contributed by atoms with Gasteiger partial charge in [-0.2, -0.15) is 4.98 Å².